The summed E-state index contributed by atoms with van der Waals surface area (Å²) in [7, 11) is -8.73. The largest absolute Gasteiger partial charge is 0.481 e. The van der Waals surface area contributed by atoms with Gasteiger partial charge >= 0.3 is 5.97 Å². The average Bonchev–Trinajstić information content (AvgIpc) is 3.48. The normalized spacial score (nSPS) is 20.9. The van der Waals surface area contributed by atoms with Gasteiger partial charge in [-0.05, 0) is 87.9 Å². The minimum absolute atomic E-state index is 0.0355. The van der Waals surface area contributed by atoms with E-state index in [0.29, 0.717) is 74.5 Å². The molecule has 18 heteroatoms. The Morgan fingerprint density at radius 2 is 1.51 bits per heavy atom. The van der Waals surface area contributed by atoms with Gasteiger partial charge in [-0.1, -0.05) is 12.5 Å². The highest BCUT2D eigenvalue weighted by Gasteiger charge is 2.48. The lowest BCUT2D eigenvalue weighted by molar-refractivity contribution is -0.441. The van der Waals surface area contributed by atoms with Crippen LogP contribution in [0, 0.1) is 0 Å². The highest BCUT2D eigenvalue weighted by atomic mass is 32.2. The fourth-order valence-electron chi connectivity index (χ4n) is 7.53. The molecular formula is C37H51N2O13S3+. The van der Waals surface area contributed by atoms with Crippen LogP contribution in [0.1, 0.15) is 69.9 Å². The monoisotopic (exact) mass is 827 g/mol. The summed E-state index contributed by atoms with van der Waals surface area (Å²) in [5, 5.41) is 9.14. The molecule has 2 aliphatic heterocycles. The molecule has 0 saturated heterocycles. The summed E-state index contributed by atoms with van der Waals surface area (Å²) in [4.78, 5) is 12.9. The summed E-state index contributed by atoms with van der Waals surface area (Å²) >= 11 is 0. The number of ether oxygens (including phenoxy) is 2. The Balaban J connectivity index is 1.90. The minimum atomic E-state index is -4.53. The van der Waals surface area contributed by atoms with Gasteiger partial charge in [-0.2, -0.15) is 29.8 Å². The Hall–Kier alpha value is -3.49. The maximum absolute atomic E-state index is 12.8. The van der Waals surface area contributed by atoms with Crippen LogP contribution < -0.4 is 4.90 Å². The fraction of sp³-hybridized carbons (Fsp3) is 0.514. The molecule has 0 amide bonds. The van der Waals surface area contributed by atoms with Crippen LogP contribution in [0.15, 0.2) is 70.1 Å². The Morgan fingerprint density at radius 1 is 0.836 bits per heavy atom. The second kappa shape index (κ2) is 17.8. The third-order valence-electron chi connectivity index (χ3n) is 10.4. The van der Waals surface area contributed by atoms with Crippen molar-refractivity contribution in [1.82, 2.24) is 0 Å². The number of nitrogens with zero attached hydrogens (tertiary/aromatic N) is 2. The fourth-order valence-corrected chi connectivity index (χ4v) is 9.24. The maximum Gasteiger partial charge on any atom is 0.303 e. The number of hydrogen-bond acceptors (Lipinski definition) is 11. The average molecular weight is 828 g/mol. The molecule has 2 aromatic carbocycles. The zero-order valence-corrected chi connectivity index (χ0v) is 34.2. The number of carboxylic acids is 1. The van der Waals surface area contributed by atoms with Crippen LogP contribution >= 0.6 is 0 Å². The Bertz CT molecular complexity index is 2180. The summed E-state index contributed by atoms with van der Waals surface area (Å²) in [6.07, 6.45) is 8.10. The lowest BCUT2D eigenvalue weighted by atomic mass is 9.75. The van der Waals surface area contributed by atoms with E-state index in [1.807, 2.05) is 36.7 Å². The van der Waals surface area contributed by atoms with Gasteiger partial charge in [0, 0.05) is 68.3 Å². The van der Waals surface area contributed by atoms with Gasteiger partial charge in [0.1, 0.15) is 6.61 Å². The first kappa shape index (κ1) is 44.2. The molecule has 0 radical (unpaired) electrons. The molecule has 0 aromatic heterocycles. The van der Waals surface area contributed by atoms with Crippen LogP contribution in [0.3, 0.4) is 0 Å². The van der Waals surface area contributed by atoms with Gasteiger partial charge in [0.2, 0.25) is 5.69 Å². The van der Waals surface area contributed by atoms with Crippen LogP contribution in [0.4, 0.5) is 11.4 Å². The third-order valence-corrected chi connectivity index (χ3v) is 13.3. The maximum atomic E-state index is 12.8. The number of unbranched alkanes of at least 4 members (excludes halogenated alkanes) is 2. The van der Waals surface area contributed by atoms with E-state index in [-0.39, 0.29) is 29.1 Å². The SMILES string of the molecule is COCC[N+]1=C(C=CC=C2N(CCCCCC(=O)O)c3ccc(S(=O)(=O)O)cc3C2(C)CCOC)C(C)(CCCS(=O)(=O)O)c2cc(S(=O)(=O)OC)ccc21. The van der Waals surface area contributed by atoms with E-state index in [9.17, 15) is 39.2 Å². The molecular weight excluding hydrogens is 777 g/mol. The van der Waals surface area contributed by atoms with Crippen LogP contribution in [0.2, 0.25) is 0 Å². The second-order valence-electron chi connectivity index (χ2n) is 14.0. The number of allylic oxidation sites excluding steroid dienone is 4. The van der Waals surface area contributed by atoms with Crippen molar-refractivity contribution in [2.45, 2.75) is 79.4 Å². The summed E-state index contributed by atoms with van der Waals surface area (Å²) in [5.74, 6) is -1.38. The van der Waals surface area contributed by atoms with Gasteiger partial charge in [0.15, 0.2) is 12.3 Å². The number of anilines is 1. The van der Waals surface area contributed by atoms with Crippen LogP contribution in [-0.4, -0.2) is 109 Å². The molecule has 0 fully saturated rings. The molecule has 2 aliphatic rings. The number of methoxy groups -OCH3 is 2. The number of rotatable bonds is 21. The molecule has 55 heavy (non-hydrogen) atoms. The highest BCUT2D eigenvalue weighted by molar-refractivity contribution is 7.86. The molecule has 2 atom stereocenters. The first-order valence-corrected chi connectivity index (χ1v) is 22.2. The van der Waals surface area contributed by atoms with Crippen molar-refractivity contribution in [3.8, 4) is 0 Å². The quantitative estimate of drug-likeness (QED) is 0.0665. The number of carbonyl (C=O) groups is 1. The van der Waals surface area contributed by atoms with E-state index in [0.717, 1.165) is 18.5 Å². The van der Waals surface area contributed by atoms with E-state index >= 15 is 0 Å². The van der Waals surface area contributed by atoms with Gasteiger partial charge < -0.3 is 19.5 Å². The molecule has 0 aliphatic carbocycles. The van der Waals surface area contributed by atoms with Crippen molar-refractivity contribution >= 4 is 53.4 Å². The Morgan fingerprint density at radius 3 is 2.13 bits per heavy atom. The number of benzene rings is 2. The van der Waals surface area contributed by atoms with Crippen molar-refractivity contribution in [3.63, 3.8) is 0 Å². The van der Waals surface area contributed by atoms with Crippen LogP contribution in [0.25, 0.3) is 0 Å². The minimum Gasteiger partial charge on any atom is -0.481 e. The summed E-state index contributed by atoms with van der Waals surface area (Å²) < 4.78 is 111. The zero-order chi connectivity index (χ0) is 40.8. The molecule has 304 valence electrons. The molecule has 2 unspecified atom stereocenters. The molecule has 4 rings (SSSR count). The summed E-state index contributed by atoms with van der Waals surface area (Å²) in [6, 6.07) is 9.10. The topological polar surface area (TPSA) is 214 Å². The van der Waals surface area contributed by atoms with E-state index in [4.69, 9.17) is 18.8 Å². The van der Waals surface area contributed by atoms with Crippen LogP contribution in [-0.2, 0) is 59.6 Å². The smallest absolute Gasteiger partial charge is 0.303 e. The molecule has 3 N–H and O–H groups in total. The van der Waals surface area contributed by atoms with E-state index in [2.05, 4.69) is 4.90 Å². The number of carboxylic acid groups (broad SMARTS) is 1. The van der Waals surface area contributed by atoms with Crippen molar-refractivity contribution in [2.24, 2.45) is 0 Å². The number of hydrogen-bond donors (Lipinski definition) is 3. The van der Waals surface area contributed by atoms with E-state index in [1.165, 1.54) is 24.3 Å². The summed E-state index contributed by atoms with van der Waals surface area (Å²) in [6.45, 7) is 5.30. The van der Waals surface area contributed by atoms with Gasteiger partial charge in [0.05, 0.1) is 28.1 Å². The molecule has 0 saturated carbocycles. The van der Waals surface area contributed by atoms with E-state index in [1.54, 1.807) is 26.4 Å². The number of fused-ring (bicyclic) bond motifs is 2. The Kier molecular flexibility index (Phi) is 14.3. The first-order chi connectivity index (χ1) is 25.7. The predicted molar refractivity (Wildman–Crippen MR) is 206 cm³/mol. The van der Waals surface area contributed by atoms with Gasteiger partial charge in [0.25, 0.3) is 30.4 Å². The standard InChI is InChI=1S/C37H50N2O13S3/c1-36(18-10-24-53(42,43)44)30-26-28(55(48,49)52-5)15-17-32(30)39(21-23-51-4)33(36)11-9-12-34-37(2,19-22-50-3)29-25-27(54(45,46)47)14-16-31(29)38(34)20-8-6-7-13-35(40)41/h9,11-12,14-17,25-26H,6-8,10,13,18-24H2,1-5H3,(H2-,40,41,42,43,44,45,46,47)/p+1. The lowest BCUT2D eigenvalue weighted by Crippen LogP contribution is -2.33. The molecule has 15 nitrogen and oxygen atoms in total. The third kappa shape index (κ3) is 10.1. The van der Waals surface area contributed by atoms with Crippen molar-refractivity contribution in [1.29, 1.82) is 0 Å². The molecule has 0 bridgehead atoms. The predicted octanol–water partition coefficient (Wildman–Crippen LogP) is 4.84. The van der Waals surface area contributed by atoms with Gasteiger partial charge in [-0.25, -0.2) is 0 Å². The van der Waals surface area contributed by atoms with Crippen LogP contribution in [0.5, 0.6) is 0 Å². The van der Waals surface area contributed by atoms with Gasteiger partial charge in [-0.15, -0.1) is 0 Å². The number of aliphatic carboxylic acids is 1. The lowest BCUT2D eigenvalue weighted by Gasteiger charge is -2.30. The molecule has 2 heterocycles. The van der Waals surface area contributed by atoms with Crippen molar-refractivity contribution in [3.05, 3.63) is 71.5 Å². The first-order valence-electron chi connectivity index (χ1n) is 17.8. The highest BCUT2D eigenvalue weighted by Crippen LogP contribution is 2.51. The van der Waals surface area contributed by atoms with Crippen molar-refractivity contribution in [2.75, 3.05) is 58.3 Å². The van der Waals surface area contributed by atoms with Gasteiger partial charge in [-0.3, -0.25) is 18.1 Å². The van der Waals surface area contributed by atoms with Crippen molar-refractivity contribution < 1.29 is 62.5 Å². The van der Waals surface area contributed by atoms with E-state index < -0.39 is 52.9 Å². The Labute approximate surface area is 323 Å². The molecule has 2 aromatic rings. The summed E-state index contributed by atoms with van der Waals surface area (Å²) in [5.41, 5.74) is 2.44. The molecule has 0 spiro atoms. The second-order valence-corrected chi connectivity index (χ2v) is 18.8. The zero-order valence-electron chi connectivity index (χ0n) is 31.7.